The van der Waals surface area contributed by atoms with Crippen LogP contribution >= 0.6 is 24.0 Å². The Morgan fingerprint density at radius 2 is 2.06 bits per heavy atom. The number of phenols is 1. The summed E-state index contributed by atoms with van der Waals surface area (Å²) in [4.78, 5) is 0. The average molecular weight is 295 g/mol. The molecule has 4 nitrogen and oxygen atoms in total. The van der Waals surface area contributed by atoms with Crippen LogP contribution in [0, 0.1) is 0 Å². The van der Waals surface area contributed by atoms with Crippen molar-refractivity contribution in [2.24, 2.45) is 11.5 Å². The average Bonchev–Trinajstić information content (AvgIpc) is 2.32. The van der Waals surface area contributed by atoms with E-state index < -0.39 is 0 Å². The van der Waals surface area contributed by atoms with E-state index in [-0.39, 0.29) is 29.2 Å². The van der Waals surface area contributed by atoms with E-state index in [2.05, 4.69) is 0 Å². The van der Waals surface area contributed by atoms with Crippen LogP contribution in [0.5, 0.6) is 11.5 Å². The van der Waals surface area contributed by atoms with Gasteiger partial charge < -0.3 is 21.3 Å². The molecule has 0 unspecified atom stereocenters. The van der Waals surface area contributed by atoms with Crippen LogP contribution in [0.3, 0.4) is 0 Å². The van der Waals surface area contributed by atoms with Crippen molar-refractivity contribution in [3.63, 3.8) is 0 Å². The van der Waals surface area contributed by atoms with E-state index in [1.165, 1.54) is 7.11 Å². The van der Waals surface area contributed by atoms with Gasteiger partial charge in [0, 0.05) is 6.04 Å². The van der Waals surface area contributed by atoms with Crippen LogP contribution in [0.2, 0.25) is 5.02 Å². The number of halogens is 2. The van der Waals surface area contributed by atoms with E-state index in [1.54, 1.807) is 12.1 Å². The fraction of sp³-hybridized carbons (Fsp3) is 0.500. The summed E-state index contributed by atoms with van der Waals surface area (Å²) in [7, 11) is 1.48. The SMILES string of the molecule is COc1cc([C@@H](N)CCCCN)cc(Cl)c1O.Cl. The van der Waals surface area contributed by atoms with Crippen LogP contribution in [0.15, 0.2) is 12.1 Å². The third-order valence-electron chi connectivity index (χ3n) is 2.67. The Balaban J connectivity index is 0.00000289. The Bertz CT molecular complexity index is 375. The molecule has 0 amide bonds. The van der Waals surface area contributed by atoms with Crippen molar-refractivity contribution in [1.29, 1.82) is 0 Å². The van der Waals surface area contributed by atoms with Crippen molar-refractivity contribution >= 4 is 24.0 Å². The molecule has 0 fully saturated rings. The molecule has 0 aliphatic heterocycles. The maximum atomic E-state index is 9.60. The Kier molecular flexibility index (Phi) is 8.11. The number of hydrogen-bond donors (Lipinski definition) is 3. The molecule has 1 aromatic carbocycles. The molecule has 0 aliphatic carbocycles. The first-order valence-electron chi connectivity index (χ1n) is 5.62. The quantitative estimate of drug-likeness (QED) is 0.705. The Morgan fingerprint density at radius 1 is 1.39 bits per heavy atom. The first-order chi connectivity index (χ1) is 8.10. The van der Waals surface area contributed by atoms with Crippen LogP contribution in [-0.2, 0) is 0 Å². The summed E-state index contributed by atoms with van der Waals surface area (Å²) in [6, 6.07) is 3.27. The van der Waals surface area contributed by atoms with Gasteiger partial charge in [-0.15, -0.1) is 12.4 Å². The van der Waals surface area contributed by atoms with Gasteiger partial charge in [-0.05, 0) is 37.1 Å². The monoisotopic (exact) mass is 294 g/mol. The number of unbranched alkanes of at least 4 members (excludes halogenated alkanes) is 1. The number of methoxy groups -OCH3 is 1. The third kappa shape index (κ3) is 4.53. The van der Waals surface area contributed by atoms with Gasteiger partial charge in [0.1, 0.15) is 0 Å². The molecule has 1 rings (SSSR count). The zero-order valence-corrected chi connectivity index (χ0v) is 11.9. The molecule has 0 aromatic heterocycles. The number of rotatable bonds is 6. The van der Waals surface area contributed by atoms with E-state index in [4.69, 9.17) is 27.8 Å². The third-order valence-corrected chi connectivity index (χ3v) is 2.96. The molecule has 0 heterocycles. The maximum absolute atomic E-state index is 9.60. The van der Waals surface area contributed by atoms with Gasteiger partial charge in [0.2, 0.25) is 0 Å². The van der Waals surface area contributed by atoms with E-state index >= 15 is 0 Å². The molecule has 0 radical (unpaired) electrons. The molecule has 104 valence electrons. The summed E-state index contributed by atoms with van der Waals surface area (Å²) in [6.07, 6.45) is 2.76. The highest BCUT2D eigenvalue weighted by molar-refractivity contribution is 6.32. The number of phenolic OH excluding ortho intramolecular Hbond substituents is 1. The van der Waals surface area contributed by atoms with Crippen molar-refractivity contribution in [1.82, 2.24) is 0 Å². The van der Waals surface area contributed by atoms with E-state index in [0.717, 1.165) is 24.8 Å². The van der Waals surface area contributed by atoms with Gasteiger partial charge in [0.25, 0.3) is 0 Å². The first kappa shape index (κ1) is 17.3. The lowest BCUT2D eigenvalue weighted by Crippen LogP contribution is -2.11. The second kappa shape index (κ2) is 8.43. The van der Waals surface area contributed by atoms with Gasteiger partial charge in [-0.25, -0.2) is 0 Å². The normalized spacial score (nSPS) is 11.8. The van der Waals surface area contributed by atoms with Crippen LogP contribution in [0.25, 0.3) is 0 Å². The van der Waals surface area contributed by atoms with Crippen LogP contribution < -0.4 is 16.2 Å². The second-order valence-corrected chi connectivity index (χ2v) is 4.35. The number of ether oxygens (including phenoxy) is 1. The fourth-order valence-corrected chi connectivity index (χ4v) is 1.86. The molecule has 0 saturated carbocycles. The van der Waals surface area contributed by atoms with Crippen molar-refractivity contribution in [2.45, 2.75) is 25.3 Å². The zero-order chi connectivity index (χ0) is 12.8. The van der Waals surface area contributed by atoms with Crippen LogP contribution in [0.4, 0.5) is 0 Å². The minimum atomic E-state index is -0.117. The number of hydrogen-bond acceptors (Lipinski definition) is 4. The molecule has 0 spiro atoms. The molecule has 18 heavy (non-hydrogen) atoms. The van der Waals surface area contributed by atoms with Gasteiger partial charge in [0.05, 0.1) is 12.1 Å². The van der Waals surface area contributed by atoms with Gasteiger partial charge in [0.15, 0.2) is 11.5 Å². The lowest BCUT2D eigenvalue weighted by atomic mass is 10.0. The summed E-state index contributed by atoms with van der Waals surface area (Å²) in [5.41, 5.74) is 12.3. The molecular weight excluding hydrogens is 275 g/mol. The van der Waals surface area contributed by atoms with Gasteiger partial charge in [-0.1, -0.05) is 18.0 Å². The molecule has 0 saturated heterocycles. The minimum absolute atomic E-state index is 0. The van der Waals surface area contributed by atoms with Crippen molar-refractivity contribution < 1.29 is 9.84 Å². The molecule has 1 aromatic rings. The fourth-order valence-electron chi connectivity index (χ4n) is 1.64. The van der Waals surface area contributed by atoms with Gasteiger partial charge in [-0.2, -0.15) is 0 Å². The standard InChI is InChI=1S/C12H19ClN2O2.ClH/c1-17-11-7-8(6-9(13)12(11)16)10(15)4-2-3-5-14;/h6-7,10,16H,2-5,14-15H2,1H3;1H/t10-;/m0./s1. The minimum Gasteiger partial charge on any atom is -0.503 e. The lowest BCUT2D eigenvalue weighted by molar-refractivity contribution is 0.372. The van der Waals surface area contributed by atoms with Gasteiger partial charge >= 0.3 is 0 Å². The predicted octanol–water partition coefficient (Wildman–Crippen LogP) is 2.60. The number of benzene rings is 1. The highest BCUT2D eigenvalue weighted by Gasteiger charge is 2.13. The summed E-state index contributed by atoms with van der Waals surface area (Å²) in [5.74, 6) is 0.300. The van der Waals surface area contributed by atoms with E-state index in [1.807, 2.05) is 0 Å². The van der Waals surface area contributed by atoms with Crippen LogP contribution in [0.1, 0.15) is 30.9 Å². The largest absolute Gasteiger partial charge is 0.503 e. The van der Waals surface area contributed by atoms with E-state index in [9.17, 15) is 5.11 Å². The molecule has 0 bridgehead atoms. The van der Waals surface area contributed by atoms with Crippen LogP contribution in [-0.4, -0.2) is 18.8 Å². The lowest BCUT2D eigenvalue weighted by Gasteiger charge is -2.14. The molecular formula is C12H20Cl2N2O2. The van der Waals surface area contributed by atoms with Crippen molar-refractivity contribution in [3.05, 3.63) is 22.7 Å². The van der Waals surface area contributed by atoms with Gasteiger partial charge in [-0.3, -0.25) is 0 Å². The van der Waals surface area contributed by atoms with Crippen molar-refractivity contribution in [2.75, 3.05) is 13.7 Å². The summed E-state index contributed by atoms with van der Waals surface area (Å²) in [6.45, 7) is 0.673. The van der Waals surface area contributed by atoms with Crippen molar-refractivity contribution in [3.8, 4) is 11.5 Å². The predicted molar refractivity (Wildman–Crippen MR) is 76.8 cm³/mol. The first-order valence-corrected chi connectivity index (χ1v) is 6.00. The Hall–Kier alpha value is -0.680. The summed E-state index contributed by atoms with van der Waals surface area (Å²) in [5, 5.41) is 9.86. The molecule has 0 aliphatic rings. The molecule has 6 heteroatoms. The highest BCUT2D eigenvalue weighted by Crippen LogP contribution is 2.36. The second-order valence-electron chi connectivity index (χ2n) is 3.94. The summed E-state index contributed by atoms with van der Waals surface area (Å²) < 4.78 is 5.03. The Morgan fingerprint density at radius 3 is 2.61 bits per heavy atom. The smallest absolute Gasteiger partial charge is 0.176 e. The zero-order valence-electron chi connectivity index (χ0n) is 10.4. The highest BCUT2D eigenvalue weighted by atomic mass is 35.5. The molecule has 5 N–H and O–H groups in total. The maximum Gasteiger partial charge on any atom is 0.176 e. The number of aromatic hydroxyl groups is 1. The summed E-state index contributed by atoms with van der Waals surface area (Å²) >= 11 is 5.90. The topological polar surface area (TPSA) is 81.5 Å². The van der Waals surface area contributed by atoms with E-state index in [0.29, 0.717) is 12.3 Å². The Labute approximate surface area is 119 Å². The molecule has 1 atom stereocenters. The number of nitrogens with two attached hydrogens (primary N) is 2.